The molecule has 0 aliphatic carbocycles. The molecule has 190 valence electrons. The maximum Gasteiger partial charge on any atom is 0.266 e. The molecule has 0 radical (unpaired) electrons. The van der Waals surface area contributed by atoms with Gasteiger partial charge in [0, 0.05) is 37.2 Å². The summed E-state index contributed by atoms with van der Waals surface area (Å²) in [6, 6.07) is 18.7. The Morgan fingerprint density at radius 1 is 1.03 bits per heavy atom. The SMILES string of the molecule is COc1ccc(-c2ccc(=O)n(CCNC(=O)C3CCN(c4ccc(-c5cccs5)nn4)CC3)n2)cc1. The quantitative estimate of drug-likeness (QED) is 0.383. The van der Waals surface area contributed by atoms with E-state index in [-0.39, 0.29) is 17.4 Å². The lowest BCUT2D eigenvalue weighted by atomic mass is 9.96. The highest BCUT2D eigenvalue weighted by atomic mass is 32.1. The minimum atomic E-state index is -0.203. The number of benzene rings is 1. The first-order chi connectivity index (χ1) is 18.1. The number of amides is 1. The lowest BCUT2D eigenvalue weighted by Crippen LogP contribution is -2.42. The predicted molar refractivity (Wildman–Crippen MR) is 144 cm³/mol. The summed E-state index contributed by atoms with van der Waals surface area (Å²) in [5.41, 5.74) is 2.24. The van der Waals surface area contributed by atoms with Crippen molar-refractivity contribution in [1.82, 2.24) is 25.3 Å². The number of hydrogen-bond acceptors (Lipinski definition) is 8. The molecule has 3 aromatic heterocycles. The molecule has 1 saturated heterocycles. The Labute approximate surface area is 218 Å². The van der Waals surface area contributed by atoms with Crippen LogP contribution in [0.3, 0.4) is 0 Å². The molecule has 0 saturated carbocycles. The molecular formula is C27H28N6O3S. The van der Waals surface area contributed by atoms with Gasteiger partial charge in [-0.05, 0) is 66.8 Å². The van der Waals surface area contributed by atoms with E-state index in [4.69, 9.17) is 4.74 Å². The van der Waals surface area contributed by atoms with Gasteiger partial charge in [0.2, 0.25) is 5.91 Å². The van der Waals surface area contributed by atoms with Crippen LogP contribution in [-0.4, -0.2) is 52.6 Å². The third-order valence-corrected chi connectivity index (χ3v) is 7.38. The zero-order valence-corrected chi connectivity index (χ0v) is 21.4. The van der Waals surface area contributed by atoms with E-state index in [1.165, 1.54) is 10.7 Å². The number of rotatable bonds is 8. The van der Waals surface area contributed by atoms with E-state index in [0.29, 0.717) is 18.8 Å². The number of nitrogens with one attached hydrogen (secondary N) is 1. The van der Waals surface area contributed by atoms with Gasteiger partial charge in [-0.25, -0.2) is 4.68 Å². The molecule has 10 heteroatoms. The van der Waals surface area contributed by atoms with E-state index in [1.807, 2.05) is 53.9 Å². The number of nitrogens with zero attached hydrogens (tertiary/aromatic N) is 5. The molecule has 1 fully saturated rings. The van der Waals surface area contributed by atoms with Crippen LogP contribution in [0.5, 0.6) is 5.75 Å². The summed E-state index contributed by atoms with van der Waals surface area (Å²) < 4.78 is 6.58. The average molecular weight is 517 g/mol. The third-order valence-electron chi connectivity index (χ3n) is 6.49. The minimum absolute atomic E-state index is 0.0122. The molecule has 4 heterocycles. The first-order valence-electron chi connectivity index (χ1n) is 12.2. The van der Waals surface area contributed by atoms with Crippen LogP contribution in [0, 0.1) is 5.92 Å². The summed E-state index contributed by atoms with van der Waals surface area (Å²) in [7, 11) is 1.62. The molecule has 1 aromatic carbocycles. The number of anilines is 1. The summed E-state index contributed by atoms with van der Waals surface area (Å²) in [6.07, 6.45) is 1.48. The smallest absolute Gasteiger partial charge is 0.266 e. The first-order valence-corrected chi connectivity index (χ1v) is 13.1. The van der Waals surface area contributed by atoms with Crippen molar-refractivity contribution in [3.8, 4) is 27.6 Å². The fourth-order valence-corrected chi connectivity index (χ4v) is 5.07. The Morgan fingerprint density at radius 2 is 1.81 bits per heavy atom. The highest BCUT2D eigenvalue weighted by molar-refractivity contribution is 7.13. The van der Waals surface area contributed by atoms with Crippen LogP contribution in [0.2, 0.25) is 0 Å². The Hall–Kier alpha value is -4.05. The molecule has 0 bridgehead atoms. The van der Waals surface area contributed by atoms with Gasteiger partial charge in [-0.1, -0.05) is 6.07 Å². The number of piperidine rings is 1. The van der Waals surface area contributed by atoms with Crippen LogP contribution >= 0.6 is 11.3 Å². The van der Waals surface area contributed by atoms with Crippen molar-refractivity contribution in [3.05, 3.63) is 76.4 Å². The summed E-state index contributed by atoms with van der Waals surface area (Å²) in [5.74, 6) is 1.54. The average Bonchev–Trinajstić information content (AvgIpc) is 3.49. The zero-order chi connectivity index (χ0) is 25.6. The summed E-state index contributed by atoms with van der Waals surface area (Å²) in [4.78, 5) is 28.3. The van der Waals surface area contributed by atoms with Crippen molar-refractivity contribution in [2.45, 2.75) is 19.4 Å². The molecule has 5 rings (SSSR count). The first kappa shape index (κ1) is 24.6. The second-order valence-electron chi connectivity index (χ2n) is 8.81. The maximum atomic E-state index is 12.8. The molecule has 1 amide bonds. The van der Waals surface area contributed by atoms with Gasteiger partial charge in [0.15, 0.2) is 5.82 Å². The third kappa shape index (κ3) is 5.86. The highest BCUT2D eigenvalue weighted by Gasteiger charge is 2.25. The van der Waals surface area contributed by atoms with Crippen molar-refractivity contribution < 1.29 is 9.53 Å². The highest BCUT2D eigenvalue weighted by Crippen LogP contribution is 2.25. The van der Waals surface area contributed by atoms with Crippen LogP contribution in [0.4, 0.5) is 5.82 Å². The van der Waals surface area contributed by atoms with E-state index < -0.39 is 0 Å². The largest absolute Gasteiger partial charge is 0.497 e. The van der Waals surface area contributed by atoms with Crippen LogP contribution in [-0.2, 0) is 11.3 Å². The van der Waals surface area contributed by atoms with Gasteiger partial charge in [0.1, 0.15) is 11.4 Å². The number of hydrogen-bond donors (Lipinski definition) is 1. The number of carbonyl (C=O) groups is 1. The van der Waals surface area contributed by atoms with E-state index in [9.17, 15) is 9.59 Å². The number of methoxy groups -OCH3 is 1. The van der Waals surface area contributed by atoms with Gasteiger partial charge < -0.3 is 15.0 Å². The van der Waals surface area contributed by atoms with Crippen molar-refractivity contribution in [2.24, 2.45) is 5.92 Å². The topological polar surface area (TPSA) is 102 Å². The van der Waals surface area contributed by atoms with Gasteiger partial charge in [-0.2, -0.15) is 5.10 Å². The zero-order valence-electron chi connectivity index (χ0n) is 20.5. The Kier molecular flexibility index (Phi) is 7.55. The molecule has 37 heavy (non-hydrogen) atoms. The van der Waals surface area contributed by atoms with Gasteiger partial charge in [-0.3, -0.25) is 9.59 Å². The van der Waals surface area contributed by atoms with E-state index in [2.05, 4.69) is 25.5 Å². The summed E-state index contributed by atoms with van der Waals surface area (Å²) in [6.45, 7) is 2.14. The number of carbonyl (C=O) groups excluding carboxylic acids is 1. The molecule has 9 nitrogen and oxygen atoms in total. The maximum absolute atomic E-state index is 12.8. The standard InChI is InChI=1S/C27H28N6O3S/c1-36-21-6-4-19(5-7-21)22-9-11-26(34)33(31-22)17-14-28-27(35)20-12-15-32(16-13-20)25-10-8-23(29-30-25)24-3-2-18-37-24/h2-11,18,20H,12-17H2,1H3,(H,28,35). The lowest BCUT2D eigenvalue weighted by Gasteiger charge is -2.31. The fourth-order valence-electron chi connectivity index (χ4n) is 4.37. The molecular weight excluding hydrogens is 488 g/mol. The second-order valence-corrected chi connectivity index (χ2v) is 9.76. The van der Waals surface area contributed by atoms with Gasteiger partial charge >= 0.3 is 0 Å². The minimum Gasteiger partial charge on any atom is -0.497 e. The van der Waals surface area contributed by atoms with Gasteiger partial charge in [0.25, 0.3) is 5.56 Å². The summed E-state index contributed by atoms with van der Waals surface area (Å²) in [5, 5.41) is 18.2. The normalized spacial score (nSPS) is 13.9. The van der Waals surface area contributed by atoms with Crippen LogP contribution in [0.15, 0.2) is 70.8 Å². The molecule has 1 aliphatic heterocycles. The number of thiophene rings is 1. The van der Waals surface area contributed by atoms with E-state index in [0.717, 1.165) is 53.6 Å². The van der Waals surface area contributed by atoms with Gasteiger partial charge in [-0.15, -0.1) is 21.5 Å². The van der Waals surface area contributed by atoms with Crippen molar-refractivity contribution in [3.63, 3.8) is 0 Å². The Balaban J connectivity index is 1.11. The molecule has 1 aliphatic rings. The van der Waals surface area contributed by atoms with Crippen molar-refractivity contribution in [2.75, 3.05) is 31.6 Å². The molecule has 1 N–H and O–H groups in total. The van der Waals surface area contributed by atoms with Crippen molar-refractivity contribution >= 4 is 23.1 Å². The number of ether oxygens (including phenoxy) is 1. The summed E-state index contributed by atoms with van der Waals surface area (Å²) >= 11 is 1.64. The Morgan fingerprint density at radius 3 is 2.49 bits per heavy atom. The van der Waals surface area contributed by atoms with Gasteiger partial charge in [0.05, 0.1) is 24.2 Å². The fraction of sp³-hybridized carbons (Fsp3) is 0.296. The second kappa shape index (κ2) is 11.3. The predicted octanol–water partition coefficient (Wildman–Crippen LogP) is 3.47. The monoisotopic (exact) mass is 516 g/mol. The molecule has 4 aromatic rings. The van der Waals surface area contributed by atoms with Crippen LogP contribution in [0.1, 0.15) is 12.8 Å². The van der Waals surface area contributed by atoms with E-state index in [1.54, 1.807) is 24.5 Å². The lowest BCUT2D eigenvalue weighted by molar-refractivity contribution is -0.125. The molecule has 0 spiro atoms. The Bertz CT molecular complexity index is 1380. The molecule has 0 unspecified atom stereocenters. The number of aromatic nitrogens is 4. The van der Waals surface area contributed by atoms with Crippen LogP contribution in [0.25, 0.3) is 21.8 Å². The van der Waals surface area contributed by atoms with Crippen molar-refractivity contribution in [1.29, 1.82) is 0 Å². The molecule has 0 atom stereocenters. The van der Waals surface area contributed by atoms with E-state index >= 15 is 0 Å². The van der Waals surface area contributed by atoms with Crippen LogP contribution < -0.4 is 20.5 Å².